The molecule has 3 rings (SSSR count). The van der Waals surface area contributed by atoms with Crippen molar-refractivity contribution >= 4 is 23.2 Å². The van der Waals surface area contributed by atoms with Gasteiger partial charge in [0.2, 0.25) is 5.91 Å². The molecule has 0 saturated heterocycles. The van der Waals surface area contributed by atoms with E-state index in [9.17, 15) is 9.59 Å². The van der Waals surface area contributed by atoms with E-state index >= 15 is 0 Å². The molecule has 1 aliphatic heterocycles. The van der Waals surface area contributed by atoms with Gasteiger partial charge in [-0.05, 0) is 50.5 Å². The van der Waals surface area contributed by atoms with Crippen molar-refractivity contribution in [3.8, 4) is 5.75 Å². The molecule has 0 radical (unpaired) electrons. The van der Waals surface area contributed by atoms with Gasteiger partial charge in [0, 0.05) is 30.7 Å². The molecule has 0 saturated carbocycles. The number of ether oxygens (including phenoxy) is 1. The molecule has 6 heteroatoms. The minimum atomic E-state index is -0.616. The van der Waals surface area contributed by atoms with E-state index in [1.165, 1.54) is 6.20 Å². The highest BCUT2D eigenvalue weighted by Gasteiger charge is 2.37. The number of carbonyl (C=O) groups is 2. The Hall–Kier alpha value is -2.89. The first kappa shape index (κ1) is 19.9. The molecule has 1 aromatic carbocycles. The molecule has 0 aliphatic carbocycles. The van der Waals surface area contributed by atoms with E-state index in [4.69, 9.17) is 4.74 Å². The Kier molecular flexibility index (Phi) is 5.68. The number of benzene rings is 1. The zero-order valence-electron chi connectivity index (χ0n) is 16.9. The number of hydrogen-bond donors (Lipinski definition) is 1. The Morgan fingerprint density at radius 3 is 2.79 bits per heavy atom. The highest BCUT2D eigenvalue weighted by Crippen LogP contribution is 2.38. The first-order chi connectivity index (χ1) is 13.3. The fourth-order valence-corrected chi connectivity index (χ4v) is 3.03. The fourth-order valence-electron chi connectivity index (χ4n) is 3.03. The second-order valence-corrected chi connectivity index (χ2v) is 8.19. The zero-order chi connectivity index (χ0) is 20.3. The summed E-state index contributed by atoms with van der Waals surface area (Å²) in [4.78, 5) is 31.2. The summed E-state index contributed by atoms with van der Waals surface area (Å²) in [6.45, 7) is 9.00. The van der Waals surface area contributed by atoms with Crippen LogP contribution in [0, 0.1) is 11.3 Å². The van der Waals surface area contributed by atoms with Crippen LogP contribution >= 0.6 is 0 Å². The first-order valence-corrected chi connectivity index (χ1v) is 9.58. The SMILES string of the molecule is CC(C)CCN1C(=O)C(C)(C)COc2cc(NC(=O)c3cccnc3)ccc21. The smallest absolute Gasteiger partial charge is 0.257 e. The highest BCUT2D eigenvalue weighted by molar-refractivity contribution is 6.05. The molecule has 0 atom stereocenters. The molecule has 1 aliphatic rings. The second-order valence-electron chi connectivity index (χ2n) is 8.19. The summed E-state index contributed by atoms with van der Waals surface area (Å²) in [5.41, 5.74) is 1.22. The predicted molar refractivity (Wildman–Crippen MR) is 110 cm³/mol. The van der Waals surface area contributed by atoms with Crippen LogP contribution in [0.4, 0.5) is 11.4 Å². The Morgan fingerprint density at radius 2 is 2.11 bits per heavy atom. The number of pyridine rings is 1. The Balaban J connectivity index is 1.88. The van der Waals surface area contributed by atoms with Crippen LogP contribution in [0.3, 0.4) is 0 Å². The second kappa shape index (κ2) is 8.00. The minimum Gasteiger partial charge on any atom is -0.490 e. The minimum absolute atomic E-state index is 0.0547. The number of amides is 2. The van der Waals surface area contributed by atoms with Crippen LogP contribution in [0.1, 0.15) is 44.5 Å². The molecule has 28 heavy (non-hydrogen) atoms. The Morgan fingerprint density at radius 1 is 1.32 bits per heavy atom. The lowest BCUT2D eigenvalue weighted by Crippen LogP contribution is -2.42. The highest BCUT2D eigenvalue weighted by atomic mass is 16.5. The summed E-state index contributed by atoms with van der Waals surface area (Å²) in [6, 6.07) is 8.84. The van der Waals surface area contributed by atoms with Crippen LogP contribution < -0.4 is 15.0 Å². The lowest BCUT2D eigenvalue weighted by molar-refractivity contribution is -0.127. The Labute approximate surface area is 165 Å². The maximum absolute atomic E-state index is 13.1. The molecule has 2 heterocycles. The van der Waals surface area contributed by atoms with Gasteiger partial charge in [0.15, 0.2) is 0 Å². The van der Waals surface area contributed by atoms with Gasteiger partial charge < -0.3 is 15.0 Å². The van der Waals surface area contributed by atoms with Crippen molar-refractivity contribution in [2.24, 2.45) is 11.3 Å². The molecular weight excluding hydrogens is 354 g/mol. The molecule has 0 unspecified atom stereocenters. The zero-order valence-corrected chi connectivity index (χ0v) is 16.9. The van der Waals surface area contributed by atoms with Gasteiger partial charge in [0.1, 0.15) is 12.4 Å². The molecule has 6 nitrogen and oxygen atoms in total. The average molecular weight is 381 g/mol. The maximum Gasteiger partial charge on any atom is 0.257 e. The average Bonchev–Trinajstić information content (AvgIpc) is 2.76. The van der Waals surface area contributed by atoms with Crippen LogP contribution in [0.15, 0.2) is 42.7 Å². The third kappa shape index (κ3) is 4.32. The van der Waals surface area contributed by atoms with Crippen molar-refractivity contribution in [2.45, 2.75) is 34.1 Å². The first-order valence-electron chi connectivity index (χ1n) is 9.58. The van der Waals surface area contributed by atoms with E-state index in [0.717, 1.165) is 12.1 Å². The number of carbonyl (C=O) groups excluding carboxylic acids is 2. The van der Waals surface area contributed by atoms with Gasteiger partial charge >= 0.3 is 0 Å². The molecule has 2 amide bonds. The summed E-state index contributed by atoms with van der Waals surface area (Å²) in [6.07, 6.45) is 4.04. The summed E-state index contributed by atoms with van der Waals surface area (Å²) in [5.74, 6) is 0.905. The van der Waals surface area contributed by atoms with Gasteiger partial charge in [-0.3, -0.25) is 14.6 Å². The van der Waals surface area contributed by atoms with Gasteiger partial charge in [-0.2, -0.15) is 0 Å². The summed E-state index contributed by atoms with van der Waals surface area (Å²) in [5, 5.41) is 2.86. The van der Waals surface area contributed by atoms with Gasteiger partial charge in [0.05, 0.1) is 16.7 Å². The van der Waals surface area contributed by atoms with Gasteiger partial charge in [-0.1, -0.05) is 13.8 Å². The largest absolute Gasteiger partial charge is 0.490 e. The third-order valence-electron chi connectivity index (χ3n) is 4.77. The summed E-state index contributed by atoms with van der Waals surface area (Å²) in [7, 11) is 0. The van der Waals surface area contributed by atoms with E-state index in [-0.39, 0.29) is 18.4 Å². The molecular formula is C22H27N3O3. The molecule has 0 bridgehead atoms. The number of hydrogen-bond acceptors (Lipinski definition) is 4. The van der Waals surface area contributed by atoms with Crippen LogP contribution in [0.25, 0.3) is 0 Å². The lowest BCUT2D eigenvalue weighted by atomic mass is 9.92. The number of nitrogens with zero attached hydrogens (tertiary/aromatic N) is 2. The number of nitrogens with one attached hydrogen (secondary N) is 1. The van der Waals surface area contributed by atoms with Gasteiger partial charge in [0.25, 0.3) is 5.91 Å². The van der Waals surface area contributed by atoms with Crippen molar-refractivity contribution < 1.29 is 14.3 Å². The van der Waals surface area contributed by atoms with Crippen molar-refractivity contribution in [2.75, 3.05) is 23.4 Å². The monoisotopic (exact) mass is 381 g/mol. The van der Waals surface area contributed by atoms with Crippen molar-refractivity contribution in [1.82, 2.24) is 4.98 Å². The fraction of sp³-hybridized carbons (Fsp3) is 0.409. The van der Waals surface area contributed by atoms with Gasteiger partial charge in [-0.25, -0.2) is 0 Å². The topological polar surface area (TPSA) is 71.5 Å². The molecule has 1 N–H and O–H groups in total. The number of aromatic nitrogens is 1. The van der Waals surface area contributed by atoms with Gasteiger partial charge in [-0.15, -0.1) is 0 Å². The summed E-state index contributed by atoms with van der Waals surface area (Å²) >= 11 is 0. The van der Waals surface area contributed by atoms with E-state index < -0.39 is 5.41 Å². The maximum atomic E-state index is 13.1. The van der Waals surface area contributed by atoms with Crippen molar-refractivity contribution in [3.63, 3.8) is 0 Å². The van der Waals surface area contributed by atoms with Crippen molar-refractivity contribution in [3.05, 3.63) is 48.3 Å². The van der Waals surface area contributed by atoms with Crippen LogP contribution in [0.2, 0.25) is 0 Å². The number of anilines is 2. The number of fused-ring (bicyclic) bond motifs is 1. The van der Waals surface area contributed by atoms with Crippen LogP contribution in [0.5, 0.6) is 5.75 Å². The van der Waals surface area contributed by atoms with Crippen molar-refractivity contribution in [1.29, 1.82) is 0 Å². The standard InChI is InChI=1S/C22H27N3O3/c1-15(2)9-11-25-18-8-7-17(24-20(26)16-6-5-10-23-13-16)12-19(18)28-14-22(3,4)21(25)27/h5-8,10,12-13,15H,9,11,14H2,1-4H3,(H,24,26). The number of rotatable bonds is 5. The third-order valence-corrected chi connectivity index (χ3v) is 4.77. The molecule has 0 fully saturated rings. The molecule has 148 valence electrons. The van der Waals surface area contributed by atoms with E-state index in [2.05, 4.69) is 24.1 Å². The quantitative estimate of drug-likeness (QED) is 0.845. The molecule has 1 aromatic heterocycles. The van der Waals surface area contributed by atoms with E-state index in [1.807, 2.05) is 24.8 Å². The molecule has 0 spiro atoms. The Bertz CT molecular complexity index is 863. The normalized spacial score (nSPS) is 15.6. The van der Waals surface area contributed by atoms with E-state index in [0.29, 0.717) is 29.5 Å². The summed E-state index contributed by atoms with van der Waals surface area (Å²) < 4.78 is 5.97. The lowest BCUT2D eigenvalue weighted by Gasteiger charge is -2.28. The van der Waals surface area contributed by atoms with E-state index in [1.54, 1.807) is 30.5 Å². The predicted octanol–water partition coefficient (Wildman–Crippen LogP) is 4.13. The van der Waals surface area contributed by atoms with Crippen LogP contribution in [-0.2, 0) is 4.79 Å². The van der Waals surface area contributed by atoms with Crippen LogP contribution in [-0.4, -0.2) is 29.9 Å². The molecule has 2 aromatic rings.